The number of aromatic amines is 1. The van der Waals surface area contributed by atoms with E-state index in [1.54, 1.807) is 7.05 Å². The molecule has 0 aliphatic heterocycles. The first-order valence-electron chi connectivity index (χ1n) is 4.44. The van der Waals surface area contributed by atoms with Gasteiger partial charge >= 0.3 is 0 Å². The van der Waals surface area contributed by atoms with Crippen molar-refractivity contribution < 1.29 is 8.42 Å². The average molecular weight is 242 g/mol. The number of sulfonamides is 1. The fourth-order valence-corrected chi connectivity index (χ4v) is 2.08. The number of pyridine rings is 1. The lowest BCUT2D eigenvalue weighted by Crippen LogP contribution is -2.22. The minimum Gasteiger partial charge on any atom is -0.329 e. The summed E-state index contributed by atoms with van der Waals surface area (Å²) in [5.41, 5.74) is -0.00278. The fraction of sp³-hybridized carbons (Fsp3) is 0.250. The number of rotatable bonds is 2. The van der Waals surface area contributed by atoms with E-state index in [1.807, 2.05) is 0 Å². The number of H-pyrrole nitrogens is 1. The van der Waals surface area contributed by atoms with Crippen LogP contribution in [-0.4, -0.2) is 30.2 Å². The molecule has 8 heteroatoms. The molecule has 0 bridgehead atoms. The SMILES string of the molecule is CNS(=O)(=O)c1cc(=O)c2cnn(C)c2[nH]1. The molecule has 0 saturated heterocycles. The van der Waals surface area contributed by atoms with Crippen molar-refractivity contribution in [3.8, 4) is 0 Å². The van der Waals surface area contributed by atoms with Crippen LogP contribution >= 0.6 is 0 Å². The highest BCUT2D eigenvalue weighted by atomic mass is 32.2. The van der Waals surface area contributed by atoms with Crippen LogP contribution in [0.2, 0.25) is 0 Å². The summed E-state index contributed by atoms with van der Waals surface area (Å²) in [6.07, 6.45) is 1.39. The van der Waals surface area contributed by atoms with Crippen LogP contribution in [0, 0.1) is 0 Å². The molecule has 86 valence electrons. The van der Waals surface area contributed by atoms with Crippen molar-refractivity contribution in [3.63, 3.8) is 0 Å². The van der Waals surface area contributed by atoms with Gasteiger partial charge in [0.15, 0.2) is 10.5 Å². The minimum absolute atomic E-state index is 0.170. The Morgan fingerprint density at radius 2 is 2.19 bits per heavy atom. The Bertz CT molecular complexity index is 698. The maximum absolute atomic E-state index is 11.6. The quantitative estimate of drug-likeness (QED) is 0.718. The number of nitrogens with one attached hydrogen (secondary N) is 2. The third-order valence-corrected chi connectivity index (χ3v) is 3.60. The monoisotopic (exact) mass is 242 g/mol. The summed E-state index contributed by atoms with van der Waals surface area (Å²) in [6, 6.07) is 1.04. The fourth-order valence-electron chi connectivity index (χ4n) is 1.37. The van der Waals surface area contributed by atoms with Crippen molar-refractivity contribution >= 4 is 21.1 Å². The lowest BCUT2D eigenvalue weighted by molar-refractivity contribution is 0.584. The largest absolute Gasteiger partial charge is 0.329 e. The number of aryl methyl sites for hydroxylation is 1. The Morgan fingerprint density at radius 1 is 1.50 bits per heavy atom. The molecule has 0 atom stereocenters. The molecule has 0 spiro atoms. The first-order chi connectivity index (χ1) is 7.45. The van der Waals surface area contributed by atoms with Gasteiger partial charge in [0.2, 0.25) is 0 Å². The van der Waals surface area contributed by atoms with Crippen LogP contribution < -0.4 is 10.2 Å². The third-order valence-electron chi connectivity index (χ3n) is 2.27. The van der Waals surface area contributed by atoms with E-state index in [2.05, 4.69) is 14.8 Å². The van der Waals surface area contributed by atoms with Crippen LogP contribution in [0.5, 0.6) is 0 Å². The molecule has 0 amide bonds. The van der Waals surface area contributed by atoms with Gasteiger partial charge in [-0.25, -0.2) is 13.1 Å². The van der Waals surface area contributed by atoms with Gasteiger partial charge < -0.3 is 4.98 Å². The van der Waals surface area contributed by atoms with Gasteiger partial charge in [0, 0.05) is 13.1 Å². The summed E-state index contributed by atoms with van der Waals surface area (Å²) in [6.45, 7) is 0. The van der Waals surface area contributed by atoms with E-state index < -0.39 is 10.0 Å². The van der Waals surface area contributed by atoms with E-state index in [0.717, 1.165) is 6.07 Å². The van der Waals surface area contributed by atoms with Crippen LogP contribution in [0.25, 0.3) is 11.0 Å². The smallest absolute Gasteiger partial charge is 0.255 e. The molecule has 7 nitrogen and oxygen atoms in total. The van der Waals surface area contributed by atoms with Crippen molar-refractivity contribution in [1.82, 2.24) is 19.5 Å². The Balaban J connectivity index is 2.86. The molecule has 0 aliphatic rings. The summed E-state index contributed by atoms with van der Waals surface area (Å²) in [7, 11) is -0.756. The van der Waals surface area contributed by atoms with E-state index in [-0.39, 0.29) is 10.5 Å². The van der Waals surface area contributed by atoms with Gasteiger partial charge in [-0.2, -0.15) is 5.10 Å². The van der Waals surface area contributed by atoms with Gasteiger partial charge in [-0.1, -0.05) is 0 Å². The van der Waals surface area contributed by atoms with Crippen LogP contribution in [0.15, 0.2) is 22.1 Å². The molecule has 0 aliphatic carbocycles. The van der Waals surface area contributed by atoms with E-state index in [0.29, 0.717) is 11.0 Å². The number of nitrogens with zero attached hydrogens (tertiary/aromatic N) is 2. The number of hydrogen-bond acceptors (Lipinski definition) is 4. The number of fused-ring (bicyclic) bond motifs is 1. The Morgan fingerprint density at radius 3 is 2.81 bits per heavy atom. The summed E-state index contributed by atoms with van der Waals surface area (Å²) < 4.78 is 26.6. The standard InChI is InChI=1S/C8H10N4O3S/c1-9-16(14,15)7-3-6(13)5-4-10-12(2)8(5)11-7/h3-4,9H,1-2H3,(H,11,13). The van der Waals surface area contributed by atoms with Gasteiger partial charge in [0.05, 0.1) is 11.6 Å². The summed E-state index contributed by atoms with van der Waals surface area (Å²) in [5, 5.41) is 4.06. The summed E-state index contributed by atoms with van der Waals surface area (Å²) in [5.74, 6) is 0. The maximum atomic E-state index is 11.6. The summed E-state index contributed by atoms with van der Waals surface area (Å²) >= 11 is 0. The number of hydrogen-bond donors (Lipinski definition) is 2. The number of aromatic nitrogens is 3. The molecular weight excluding hydrogens is 232 g/mol. The first kappa shape index (κ1) is 10.8. The van der Waals surface area contributed by atoms with Gasteiger partial charge in [-0.05, 0) is 7.05 Å². The Labute approximate surface area is 91.1 Å². The van der Waals surface area contributed by atoms with Crippen molar-refractivity contribution in [1.29, 1.82) is 0 Å². The molecular formula is C8H10N4O3S. The van der Waals surface area contributed by atoms with Crippen LogP contribution in [0.4, 0.5) is 0 Å². The van der Waals surface area contributed by atoms with Crippen molar-refractivity contribution in [2.45, 2.75) is 5.03 Å². The second kappa shape index (κ2) is 3.42. The molecule has 0 unspecified atom stereocenters. The predicted molar refractivity (Wildman–Crippen MR) is 57.6 cm³/mol. The molecule has 0 aromatic carbocycles. The normalized spacial score (nSPS) is 12.1. The molecule has 0 fully saturated rings. The first-order valence-corrected chi connectivity index (χ1v) is 5.92. The molecule has 2 rings (SSSR count). The van der Waals surface area contributed by atoms with Gasteiger partial charge in [-0.3, -0.25) is 9.48 Å². The van der Waals surface area contributed by atoms with Gasteiger partial charge in [0.25, 0.3) is 10.0 Å². The molecule has 0 radical (unpaired) electrons. The molecule has 0 saturated carbocycles. The topological polar surface area (TPSA) is 96.8 Å². The zero-order valence-corrected chi connectivity index (χ0v) is 9.50. The third kappa shape index (κ3) is 1.51. The second-order valence-corrected chi connectivity index (χ2v) is 5.09. The Hall–Kier alpha value is -1.67. The van der Waals surface area contributed by atoms with Crippen molar-refractivity contribution in [3.05, 3.63) is 22.5 Å². The minimum atomic E-state index is -3.65. The highest BCUT2D eigenvalue weighted by molar-refractivity contribution is 7.89. The van der Waals surface area contributed by atoms with E-state index >= 15 is 0 Å². The van der Waals surface area contributed by atoms with Crippen LogP contribution in [0.3, 0.4) is 0 Å². The zero-order valence-electron chi connectivity index (χ0n) is 8.68. The second-order valence-electron chi connectivity index (χ2n) is 3.24. The molecule has 2 N–H and O–H groups in total. The summed E-state index contributed by atoms with van der Waals surface area (Å²) in [4.78, 5) is 14.3. The molecule has 2 aromatic rings. The molecule has 2 aromatic heterocycles. The molecule has 16 heavy (non-hydrogen) atoms. The highest BCUT2D eigenvalue weighted by Crippen LogP contribution is 2.09. The van der Waals surface area contributed by atoms with E-state index in [9.17, 15) is 13.2 Å². The maximum Gasteiger partial charge on any atom is 0.255 e. The van der Waals surface area contributed by atoms with Gasteiger partial charge in [-0.15, -0.1) is 0 Å². The highest BCUT2D eigenvalue weighted by Gasteiger charge is 2.15. The lowest BCUT2D eigenvalue weighted by Gasteiger charge is -2.02. The average Bonchev–Trinajstić information content (AvgIpc) is 2.61. The van der Waals surface area contributed by atoms with Crippen molar-refractivity contribution in [2.75, 3.05) is 7.05 Å². The van der Waals surface area contributed by atoms with E-state index in [1.165, 1.54) is 17.9 Å². The molecule has 2 heterocycles. The van der Waals surface area contributed by atoms with E-state index in [4.69, 9.17) is 0 Å². The lowest BCUT2D eigenvalue weighted by atomic mass is 10.3. The van der Waals surface area contributed by atoms with Gasteiger partial charge in [0.1, 0.15) is 5.65 Å². The van der Waals surface area contributed by atoms with Crippen LogP contribution in [-0.2, 0) is 17.1 Å². The Kier molecular flexibility index (Phi) is 2.32. The van der Waals surface area contributed by atoms with Crippen molar-refractivity contribution in [2.24, 2.45) is 7.05 Å². The predicted octanol–water partition coefficient (Wildman–Crippen LogP) is -0.830. The van der Waals surface area contributed by atoms with Crippen LogP contribution in [0.1, 0.15) is 0 Å². The zero-order chi connectivity index (χ0) is 11.9.